The Bertz CT molecular complexity index is 776. The van der Waals surface area contributed by atoms with Crippen LogP contribution in [0.25, 0.3) is 10.2 Å². The summed E-state index contributed by atoms with van der Waals surface area (Å²) in [6.07, 6.45) is 1.56. The third-order valence-corrected chi connectivity index (χ3v) is 4.98. The fourth-order valence-electron chi connectivity index (χ4n) is 1.77. The van der Waals surface area contributed by atoms with E-state index in [1.165, 1.54) is 11.8 Å². The van der Waals surface area contributed by atoms with Crippen LogP contribution in [0.5, 0.6) is 0 Å². The lowest BCUT2D eigenvalue weighted by molar-refractivity contribution is 0.104. The van der Waals surface area contributed by atoms with Gasteiger partial charge in [-0.15, -0.1) is 11.3 Å². The summed E-state index contributed by atoms with van der Waals surface area (Å²) in [4.78, 5) is 16.5. The first kappa shape index (κ1) is 14.3. The van der Waals surface area contributed by atoms with Crippen LogP contribution in [0.2, 0.25) is 5.02 Å². The fraction of sp³-hybridized carbons (Fsp3) is 0. The molecule has 0 amide bonds. The number of hydrogen-bond donors (Lipinski definition) is 0. The summed E-state index contributed by atoms with van der Waals surface area (Å²) in [6, 6.07) is 14.9. The Kier molecular flexibility index (Phi) is 4.39. The predicted molar refractivity (Wildman–Crippen MR) is 90.4 cm³/mol. The molecular weight excluding hydrogens is 322 g/mol. The largest absolute Gasteiger partial charge is 0.289 e. The number of rotatable bonds is 4. The van der Waals surface area contributed by atoms with E-state index in [1.54, 1.807) is 47.1 Å². The summed E-state index contributed by atoms with van der Waals surface area (Å²) in [5, 5.41) is 2.40. The van der Waals surface area contributed by atoms with Crippen LogP contribution in [0.15, 0.2) is 64.4 Å². The maximum Gasteiger partial charge on any atom is 0.186 e. The number of hydrogen-bond acceptors (Lipinski definition) is 4. The van der Waals surface area contributed by atoms with Crippen molar-refractivity contribution in [3.05, 3.63) is 70.6 Å². The van der Waals surface area contributed by atoms with Crippen molar-refractivity contribution in [1.82, 2.24) is 4.98 Å². The summed E-state index contributed by atoms with van der Waals surface area (Å²) < 4.78 is 2.08. The van der Waals surface area contributed by atoms with Crippen LogP contribution in [0.1, 0.15) is 10.4 Å². The minimum atomic E-state index is -0.0414. The SMILES string of the molecule is O=C(/C=C/Sc1nc2ccccc2s1)c1ccc(Cl)cc1. The molecule has 0 unspecified atom stereocenters. The molecular formula is C16H10ClNOS2. The molecule has 0 radical (unpaired) electrons. The zero-order valence-corrected chi connectivity index (χ0v) is 13.2. The number of nitrogens with zero attached hydrogens (tertiary/aromatic N) is 1. The van der Waals surface area contributed by atoms with Crippen molar-refractivity contribution in [3.63, 3.8) is 0 Å². The normalized spacial score (nSPS) is 11.3. The lowest BCUT2D eigenvalue weighted by Gasteiger charge is -1.95. The zero-order valence-electron chi connectivity index (χ0n) is 10.8. The molecule has 3 rings (SSSR count). The van der Waals surface area contributed by atoms with Crippen molar-refractivity contribution in [2.45, 2.75) is 4.34 Å². The summed E-state index contributed by atoms with van der Waals surface area (Å²) in [5.74, 6) is -0.0414. The Labute approximate surface area is 135 Å². The highest BCUT2D eigenvalue weighted by Crippen LogP contribution is 2.29. The van der Waals surface area contributed by atoms with Crippen molar-refractivity contribution < 1.29 is 4.79 Å². The molecule has 0 bridgehead atoms. The second kappa shape index (κ2) is 6.43. The molecule has 1 aromatic heterocycles. The first-order chi connectivity index (χ1) is 10.2. The van der Waals surface area contributed by atoms with Gasteiger partial charge in [-0.1, -0.05) is 35.5 Å². The maximum absolute atomic E-state index is 12.0. The number of ketones is 1. The van der Waals surface area contributed by atoms with Crippen molar-refractivity contribution >= 4 is 50.7 Å². The van der Waals surface area contributed by atoms with Gasteiger partial charge in [0.15, 0.2) is 10.1 Å². The van der Waals surface area contributed by atoms with Gasteiger partial charge in [0, 0.05) is 10.6 Å². The van der Waals surface area contributed by atoms with E-state index in [-0.39, 0.29) is 5.78 Å². The Hall–Kier alpha value is -1.62. The molecule has 5 heteroatoms. The van der Waals surface area contributed by atoms with Gasteiger partial charge in [0.25, 0.3) is 0 Å². The third-order valence-electron chi connectivity index (χ3n) is 2.79. The molecule has 2 aromatic carbocycles. The van der Waals surface area contributed by atoms with Crippen LogP contribution in [0.3, 0.4) is 0 Å². The van der Waals surface area contributed by atoms with Crippen molar-refractivity contribution in [2.24, 2.45) is 0 Å². The van der Waals surface area contributed by atoms with Gasteiger partial charge in [0.05, 0.1) is 10.2 Å². The number of fused-ring (bicyclic) bond motifs is 1. The molecule has 0 N–H and O–H groups in total. The highest BCUT2D eigenvalue weighted by atomic mass is 35.5. The number of aromatic nitrogens is 1. The van der Waals surface area contributed by atoms with Crippen LogP contribution in [-0.2, 0) is 0 Å². The number of carbonyl (C=O) groups is 1. The lowest BCUT2D eigenvalue weighted by atomic mass is 10.1. The van der Waals surface area contributed by atoms with E-state index < -0.39 is 0 Å². The smallest absolute Gasteiger partial charge is 0.186 e. The third kappa shape index (κ3) is 3.53. The highest BCUT2D eigenvalue weighted by Gasteiger charge is 2.03. The molecule has 0 saturated carbocycles. The molecule has 0 atom stereocenters. The molecule has 0 aliphatic rings. The first-order valence-corrected chi connectivity index (χ1v) is 8.28. The van der Waals surface area contributed by atoms with E-state index >= 15 is 0 Å². The van der Waals surface area contributed by atoms with Gasteiger partial charge in [0.1, 0.15) is 0 Å². The first-order valence-electron chi connectivity index (χ1n) is 6.21. The minimum absolute atomic E-state index is 0.0414. The molecule has 0 aliphatic carbocycles. The highest BCUT2D eigenvalue weighted by molar-refractivity contribution is 8.03. The number of halogens is 1. The van der Waals surface area contributed by atoms with Crippen LogP contribution in [0.4, 0.5) is 0 Å². The van der Waals surface area contributed by atoms with Gasteiger partial charge in [-0.3, -0.25) is 4.79 Å². The summed E-state index contributed by atoms with van der Waals surface area (Å²) in [7, 11) is 0. The Morgan fingerprint density at radius 2 is 1.90 bits per heavy atom. The summed E-state index contributed by atoms with van der Waals surface area (Å²) in [5.41, 5.74) is 1.61. The minimum Gasteiger partial charge on any atom is -0.289 e. The van der Waals surface area contributed by atoms with Crippen LogP contribution >= 0.6 is 34.7 Å². The Balaban J connectivity index is 1.68. The van der Waals surface area contributed by atoms with E-state index in [0.717, 1.165) is 14.6 Å². The average Bonchev–Trinajstić information content (AvgIpc) is 2.90. The monoisotopic (exact) mass is 331 g/mol. The Morgan fingerprint density at radius 1 is 1.14 bits per heavy atom. The molecule has 0 aliphatic heterocycles. The van der Waals surface area contributed by atoms with E-state index in [2.05, 4.69) is 4.98 Å². The number of thiazole rings is 1. The van der Waals surface area contributed by atoms with Crippen LogP contribution < -0.4 is 0 Å². The van der Waals surface area contributed by atoms with Gasteiger partial charge in [-0.25, -0.2) is 4.98 Å². The van der Waals surface area contributed by atoms with E-state index in [4.69, 9.17) is 11.6 Å². The van der Waals surface area contributed by atoms with Crippen molar-refractivity contribution in [1.29, 1.82) is 0 Å². The summed E-state index contributed by atoms with van der Waals surface area (Å²) >= 11 is 8.87. The van der Waals surface area contributed by atoms with Gasteiger partial charge >= 0.3 is 0 Å². The average molecular weight is 332 g/mol. The molecule has 0 fully saturated rings. The van der Waals surface area contributed by atoms with Gasteiger partial charge in [-0.05, 0) is 47.9 Å². The number of allylic oxidation sites excluding steroid dienone is 1. The predicted octanol–water partition coefficient (Wildman–Crippen LogP) is 5.44. The number of thioether (sulfide) groups is 1. The topological polar surface area (TPSA) is 30.0 Å². The quantitative estimate of drug-likeness (QED) is 0.362. The van der Waals surface area contributed by atoms with E-state index in [0.29, 0.717) is 10.6 Å². The van der Waals surface area contributed by atoms with Crippen LogP contribution in [0, 0.1) is 0 Å². The molecule has 21 heavy (non-hydrogen) atoms. The molecule has 0 spiro atoms. The fourth-order valence-corrected chi connectivity index (χ4v) is 3.68. The number of benzene rings is 2. The molecule has 104 valence electrons. The van der Waals surface area contributed by atoms with Crippen molar-refractivity contribution in [2.75, 3.05) is 0 Å². The van der Waals surface area contributed by atoms with Gasteiger partial charge < -0.3 is 0 Å². The van der Waals surface area contributed by atoms with Crippen molar-refractivity contribution in [3.8, 4) is 0 Å². The standard InChI is InChI=1S/C16H10ClNOS2/c17-12-7-5-11(6-8-12)14(19)9-10-20-16-18-13-3-1-2-4-15(13)21-16/h1-10H/b10-9+. The van der Waals surface area contributed by atoms with Gasteiger partial charge in [0.2, 0.25) is 0 Å². The maximum atomic E-state index is 12.0. The molecule has 2 nitrogen and oxygen atoms in total. The molecule has 0 saturated heterocycles. The number of carbonyl (C=O) groups excluding carboxylic acids is 1. The van der Waals surface area contributed by atoms with E-state index in [9.17, 15) is 4.79 Å². The molecule has 1 heterocycles. The molecule has 3 aromatic rings. The van der Waals surface area contributed by atoms with E-state index in [1.807, 2.05) is 24.3 Å². The Morgan fingerprint density at radius 3 is 2.67 bits per heavy atom. The van der Waals surface area contributed by atoms with Gasteiger partial charge in [-0.2, -0.15) is 0 Å². The lowest BCUT2D eigenvalue weighted by Crippen LogP contribution is -1.92. The zero-order chi connectivity index (χ0) is 14.7. The number of para-hydroxylation sites is 1. The summed E-state index contributed by atoms with van der Waals surface area (Å²) in [6.45, 7) is 0. The second-order valence-corrected chi connectivity index (χ2v) is 6.86. The van der Waals surface area contributed by atoms with Crippen LogP contribution in [-0.4, -0.2) is 10.8 Å². The second-order valence-electron chi connectivity index (χ2n) is 4.24.